The van der Waals surface area contributed by atoms with Crippen molar-refractivity contribution in [1.29, 1.82) is 0 Å². The minimum Gasteiger partial charge on any atom is -0.309 e. The second-order valence-corrected chi connectivity index (χ2v) is 7.99. The first-order valence-corrected chi connectivity index (χ1v) is 9.26. The van der Waals surface area contributed by atoms with E-state index in [9.17, 15) is 8.42 Å². The second kappa shape index (κ2) is 7.47. The van der Waals surface area contributed by atoms with Crippen LogP contribution >= 0.6 is 23.2 Å². The Bertz CT molecular complexity index is 730. The summed E-state index contributed by atoms with van der Waals surface area (Å²) in [4.78, 5) is 0.286. The van der Waals surface area contributed by atoms with Crippen molar-refractivity contribution in [2.45, 2.75) is 17.9 Å². The maximum absolute atomic E-state index is 12.2. The van der Waals surface area contributed by atoms with E-state index in [1.165, 1.54) is 12.1 Å². The lowest BCUT2D eigenvalue weighted by Crippen LogP contribution is -2.25. The molecule has 0 spiro atoms. The average Bonchev–Trinajstić information content (AvgIpc) is 2.47. The molecule has 0 aliphatic rings. The van der Waals surface area contributed by atoms with E-state index >= 15 is 0 Å². The van der Waals surface area contributed by atoms with Crippen LogP contribution in [-0.2, 0) is 9.84 Å². The molecule has 0 aliphatic carbocycles. The molecule has 3 nitrogen and oxygen atoms in total. The van der Waals surface area contributed by atoms with Crippen LogP contribution in [0.4, 0.5) is 0 Å². The third-order valence-electron chi connectivity index (χ3n) is 3.34. The Balaban J connectivity index is 1.94. The molecule has 2 aromatic rings. The van der Waals surface area contributed by atoms with E-state index in [0.717, 1.165) is 5.56 Å². The monoisotopic (exact) mass is 357 g/mol. The van der Waals surface area contributed by atoms with Crippen molar-refractivity contribution >= 4 is 33.0 Å². The number of halogens is 2. The molecule has 1 atom stereocenters. The molecule has 0 radical (unpaired) electrons. The van der Waals surface area contributed by atoms with Crippen molar-refractivity contribution in [1.82, 2.24) is 5.32 Å². The lowest BCUT2D eigenvalue weighted by atomic mass is 10.1. The van der Waals surface area contributed by atoms with E-state index in [1.54, 1.807) is 12.1 Å². The highest BCUT2D eigenvalue weighted by Gasteiger charge is 2.14. The molecule has 0 amide bonds. The SMILES string of the molecule is CC(NCCS(=O)(=O)c1ccc(Cl)cc1)c1cccc(Cl)c1. The summed E-state index contributed by atoms with van der Waals surface area (Å²) >= 11 is 11.7. The number of nitrogens with one attached hydrogen (secondary N) is 1. The van der Waals surface area contributed by atoms with Crippen molar-refractivity contribution in [3.63, 3.8) is 0 Å². The van der Waals surface area contributed by atoms with Gasteiger partial charge in [0, 0.05) is 22.6 Å². The van der Waals surface area contributed by atoms with Gasteiger partial charge in [-0.05, 0) is 48.9 Å². The van der Waals surface area contributed by atoms with Crippen LogP contribution in [0, 0.1) is 0 Å². The van der Waals surface area contributed by atoms with Crippen LogP contribution in [-0.4, -0.2) is 20.7 Å². The fourth-order valence-corrected chi connectivity index (χ4v) is 3.56. The van der Waals surface area contributed by atoms with E-state index in [1.807, 2.05) is 31.2 Å². The smallest absolute Gasteiger partial charge is 0.179 e. The standard InChI is InChI=1S/C16H17Cl2NO2S/c1-12(13-3-2-4-15(18)11-13)19-9-10-22(20,21)16-7-5-14(17)6-8-16/h2-8,11-12,19H,9-10H2,1H3. The van der Waals surface area contributed by atoms with Gasteiger partial charge in [-0.1, -0.05) is 35.3 Å². The van der Waals surface area contributed by atoms with E-state index in [0.29, 0.717) is 16.6 Å². The number of hydrogen-bond donors (Lipinski definition) is 1. The molecule has 2 aromatic carbocycles. The van der Waals surface area contributed by atoms with Gasteiger partial charge in [0.2, 0.25) is 0 Å². The summed E-state index contributed by atoms with van der Waals surface area (Å²) in [7, 11) is -3.31. The molecule has 6 heteroatoms. The first-order valence-electron chi connectivity index (χ1n) is 6.86. The van der Waals surface area contributed by atoms with Crippen molar-refractivity contribution in [2.24, 2.45) is 0 Å². The molecule has 0 aromatic heterocycles. The molecule has 118 valence electrons. The number of rotatable bonds is 6. The second-order valence-electron chi connectivity index (χ2n) is 5.00. The topological polar surface area (TPSA) is 46.2 Å². The Morgan fingerprint density at radius 1 is 1.05 bits per heavy atom. The maximum Gasteiger partial charge on any atom is 0.179 e. The predicted molar refractivity (Wildman–Crippen MR) is 91.4 cm³/mol. The molecule has 22 heavy (non-hydrogen) atoms. The number of benzene rings is 2. The van der Waals surface area contributed by atoms with Crippen molar-refractivity contribution < 1.29 is 8.42 Å². The van der Waals surface area contributed by atoms with Gasteiger partial charge in [-0.3, -0.25) is 0 Å². The zero-order valence-corrected chi connectivity index (χ0v) is 14.4. The Morgan fingerprint density at radius 3 is 2.36 bits per heavy atom. The van der Waals surface area contributed by atoms with Gasteiger partial charge in [-0.15, -0.1) is 0 Å². The van der Waals surface area contributed by atoms with Gasteiger partial charge < -0.3 is 5.32 Å². The first-order chi connectivity index (χ1) is 10.4. The minimum atomic E-state index is -3.31. The third kappa shape index (κ3) is 4.71. The summed E-state index contributed by atoms with van der Waals surface area (Å²) in [6.07, 6.45) is 0. The first kappa shape index (κ1) is 17.3. The van der Waals surface area contributed by atoms with E-state index < -0.39 is 9.84 Å². The summed E-state index contributed by atoms with van der Waals surface area (Å²) < 4.78 is 24.4. The van der Waals surface area contributed by atoms with E-state index in [4.69, 9.17) is 23.2 Å². The Kier molecular flexibility index (Phi) is 5.87. The van der Waals surface area contributed by atoms with Crippen molar-refractivity contribution in [2.75, 3.05) is 12.3 Å². The van der Waals surface area contributed by atoms with Gasteiger partial charge in [0.25, 0.3) is 0 Å². The maximum atomic E-state index is 12.2. The largest absolute Gasteiger partial charge is 0.309 e. The van der Waals surface area contributed by atoms with Crippen LogP contribution in [0.25, 0.3) is 0 Å². The summed E-state index contributed by atoms with van der Waals surface area (Å²) in [6.45, 7) is 2.33. The number of hydrogen-bond acceptors (Lipinski definition) is 3. The summed E-state index contributed by atoms with van der Waals surface area (Å²) in [5.41, 5.74) is 1.02. The van der Waals surface area contributed by atoms with Crippen LogP contribution in [0.1, 0.15) is 18.5 Å². The predicted octanol–water partition coefficient (Wildman–Crippen LogP) is 4.12. The van der Waals surface area contributed by atoms with Crippen LogP contribution in [0.2, 0.25) is 10.0 Å². The van der Waals surface area contributed by atoms with Crippen molar-refractivity contribution in [3.05, 3.63) is 64.1 Å². The highest BCUT2D eigenvalue weighted by molar-refractivity contribution is 7.91. The fraction of sp³-hybridized carbons (Fsp3) is 0.250. The highest BCUT2D eigenvalue weighted by Crippen LogP contribution is 2.18. The molecule has 0 fully saturated rings. The summed E-state index contributed by atoms with van der Waals surface area (Å²) in [5, 5.41) is 4.39. The molecule has 2 rings (SSSR count). The molecular formula is C16H17Cl2NO2S. The molecule has 0 aliphatic heterocycles. The Labute approximate surface area is 141 Å². The quantitative estimate of drug-likeness (QED) is 0.845. The summed E-state index contributed by atoms with van der Waals surface area (Å²) in [6, 6.07) is 13.7. The van der Waals surface area contributed by atoms with Gasteiger partial charge in [-0.25, -0.2) is 8.42 Å². The Hall–Kier alpha value is -1.07. The average molecular weight is 358 g/mol. The Morgan fingerprint density at radius 2 is 1.73 bits per heavy atom. The van der Waals surface area contributed by atoms with Crippen molar-refractivity contribution in [3.8, 4) is 0 Å². The van der Waals surface area contributed by atoms with E-state index in [2.05, 4.69) is 5.32 Å². The molecule has 0 bridgehead atoms. The summed E-state index contributed by atoms with van der Waals surface area (Å²) in [5.74, 6) is 0.0273. The molecule has 0 saturated heterocycles. The molecule has 0 saturated carbocycles. The van der Waals surface area contributed by atoms with Gasteiger partial charge in [-0.2, -0.15) is 0 Å². The van der Waals surface area contributed by atoms with Crippen LogP contribution in [0.5, 0.6) is 0 Å². The number of sulfone groups is 1. The van der Waals surface area contributed by atoms with Crippen LogP contribution in [0.3, 0.4) is 0 Å². The lowest BCUT2D eigenvalue weighted by Gasteiger charge is -2.14. The highest BCUT2D eigenvalue weighted by atomic mass is 35.5. The normalized spacial score (nSPS) is 13.0. The van der Waals surface area contributed by atoms with E-state index in [-0.39, 0.29) is 16.7 Å². The molecular weight excluding hydrogens is 341 g/mol. The van der Waals surface area contributed by atoms with Gasteiger partial charge in [0.15, 0.2) is 9.84 Å². The van der Waals surface area contributed by atoms with Gasteiger partial charge >= 0.3 is 0 Å². The van der Waals surface area contributed by atoms with Crippen LogP contribution in [0.15, 0.2) is 53.4 Å². The van der Waals surface area contributed by atoms with Gasteiger partial charge in [0.05, 0.1) is 10.6 Å². The van der Waals surface area contributed by atoms with Gasteiger partial charge in [0.1, 0.15) is 0 Å². The zero-order valence-electron chi connectivity index (χ0n) is 12.1. The molecule has 1 N–H and O–H groups in total. The fourth-order valence-electron chi connectivity index (χ4n) is 2.06. The lowest BCUT2D eigenvalue weighted by molar-refractivity contribution is 0.572. The third-order valence-corrected chi connectivity index (χ3v) is 5.56. The molecule has 0 heterocycles. The minimum absolute atomic E-state index is 0.0270. The zero-order chi connectivity index (χ0) is 16.2. The molecule has 1 unspecified atom stereocenters. The van der Waals surface area contributed by atoms with Crippen LogP contribution < -0.4 is 5.32 Å².